The summed E-state index contributed by atoms with van der Waals surface area (Å²) in [6.07, 6.45) is 0. The highest BCUT2D eigenvalue weighted by atomic mass is 79.9. The summed E-state index contributed by atoms with van der Waals surface area (Å²) in [5.74, 6) is -0.565. The van der Waals surface area contributed by atoms with Gasteiger partial charge in [-0.2, -0.15) is 0 Å². The Kier molecular flexibility index (Phi) is 5.03. The van der Waals surface area contributed by atoms with Crippen molar-refractivity contribution in [3.05, 3.63) is 56.7 Å². The number of sulfonamides is 1. The van der Waals surface area contributed by atoms with Crippen LogP contribution in [0.1, 0.15) is 5.56 Å². The van der Waals surface area contributed by atoms with E-state index in [2.05, 4.69) is 36.6 Å². The number of rotatable bonds is 4. The molecule has 2 aromatic rings. The Morgan fingerprint density at radius 3 is 2.38 bits per heavy atom. The average Bonchev–Trinajstić information content (AvgIpc) is 2.42. The van der Waals surface area contributed by atoms with Crippen molar-refractivity contribution in [3.8, 4) is 0 Å². The summed E-state index contributed by atoms with van der Waals surface area (Å²) in [4.78, 5) is 0.00280. The van der Waals surface area contributed by atoms with Crippen LogP contribution in [0.15, 0.2) is 50.2 Å². The molecule has 0 amide bonds. The maximum atomic E-state index is 13.4. The topological polar surface area (TPSA) is 66.4 Å². The molecule has 0 bridgehead atoms. The van der Waals surface area contributed by atoms with Gasteiger partial charge in [-0.3, -0.25) is 4.72 Å². The highest BCUT2D eigenvalue weighted by Crippen LogP contribution is 2.26. The summed E-state index contributed by atoms with van der Waals surface area (Å²) >= 11 is 6.15. The number of aliphatic hydroxyl groups excluding tert-OH is 1. The summed E-state index contributed by atoms with van der Waals surface area (Å²) in [5.41, 5.74) is 0.698. The zero-order valence-corrected chi connectivity index (χ0v) is 14.5. The Balaban J connectivity index is 2.36. The summed E-state index contributed by atoms with van der Waals surface area (Å²) < 4.78 is 40.8. The maximum absolute atomic E-state index is 13.4. The van der Waals surface area contributed by atoms with Crippen LogP contribution >= 0.6 is 31.9 Å². The fourth-order valence-electron chi connectivity index (χ4n) is 1.63. The van der Waals surface area contributed by atoms with Crippen molar-refractivity contribution in [2.24, 2.45) is 0 Å². The van der Waals surface area contributed by atoms with Crippen LogP contribution in [0.4, 0.5) is 10.1 Å². The van der Waals surface area contributed by atoms with Crippen molar-refractivity contribution in [1.29, 1.82) is 0 Å². The van der Waals surface area contributed by atoms with Crippen LogP contribution in [0.5, 0.6) is 0 Å². The number of benzene rings is 2. The van der Waals surface area contributed by atoms with E-state index < -0.39 is 15.8 Å². The zero-order chi connectivity index (χ0) is 15.6. The number of aliphatic hydroxyl groups is 1. The third-order valence-corrected chi connectivity index (χ3v) is 5.64. The van der Waals surface area contributed by atoms with E-state index in [1.54, 1.807) is 0 Å². The molecule has 0 aromatic heterocycles. The molecule has 0 saturated heterocycles. The molecule has 0 radical (unpaired) electrons. The molecule has 0 fully saturated rings. The van der Waals surface area contributed by atoms with Gasteiger partial charge < -0.3 is 5.11 Å². The maximum Gasteiger partial charge on any atom is 0.263 e. The van der Waals surface area contributed by atoms with Crippen LogP contribution in [0.3, 0.4) is 0 Å². The molecule has 0 aliphatic carbocycles. The van der Waals surface area contributed by atoms with Crippen LogP contribution in [-0.4, -0.2) is 13.5 Å². The van der Waals surface area contributed by atoms with Crippen molar-refractivity contribution in [2.45, 2.75) is 11.5 Å². The number of halogens is 3. The summed E-state index contributed by atoms with van der Waals surface area (Å²) in [6.45, 7) is -0.190. The van der Waals surface area contributed by atoms with Gasteiger partial charge in [-0.1, -0.05) is 6.07 Å². The van der Waals surface area contributed by atoms with Gasteiger partial charge in [-0.15, -0.1) is 0 Å². The van der Waals surface area contributed by atoms with Crippen LogP contribution in [0.2, 0.25) is 0 Å². The van der Waals surface area contributed by atoms with E-state index >= 15 is 0 Å². The molecule has 8 heteroatoms. The third-order valence-electron chi connectivity index (χ3n) is 2.64. The second-order valence-corrected chi connectivity index (χ2v) is 7.52. The standard InChI is InChI=1S/C13H10Br2FNO3S/c14-10-3-2-9(6-12(10)16)17-21(19,20)13-4-1-8(7-18)5-11(13)15/h1-6,17-18H,7H2. The van der Waals surface area contributed by atoms with E-state index in [-0.39, 0.29) is 21.7 Å². The first kappa shape index (κ1) is 16.4. The van der Waals surface area contributed by atoms with Crippen molar-refractivity contribution in [3.63, 3.8) is 0 Å². The molecule has 0 heterocycles. The van der Waals surface area contributed by atoms with Gasteiger partial charge in [-0.25, -0.2) is 12.8 Å². The minimum atomic E-state index is -3.86. The second-order valence-electron chi connectivity index (χ2n) is 4.16. The second kappa shape index (κ2) is 6.43. The van der Waals surface area contributed by atoms with Crippen LogP contribution in [0.25, 0.3) is 0 Å². The Hall–Kier alpha value is -0.960. The molecule has 2 rings (SSSR count). The van der Waals surface area contributed by atoms with Crippen molar-refractivity contribution in [1.82, 2.24) is 0 Å². The van der Waals surface area contributed by atoms with Crippen LogP contribution < -0.4 is 4.72 Å². The van der Waals surface area contributed by atoms with Crippen LogP contribution in [0, 0.1) is 5.82 Å². The van der Waals surface area contributed by atoms with Crippen molar-refractivity contribution < 1.29 is 17.9 Å². The van der Waals surface area contributed by atoms with Crippen molar-refractivity contribution >= 4 is 47.6 Å². The van der Waals surface area contributed by atoms with Gasteiger partial charge >= 0.3 is 0 Å². The molecule has 2 N–H and O–H groups in total. The predicted molar refractivity (Wildman–Crippen MR) is 85.0 cm³/mol. The molecule has 0 atom stereocenters. The SMILES string of the molecule is O=S(=O)(Nc1ccc(Br)c(F)c1)c1ccc(CO)cc1Br. The molecule has 0 unspecified atom stereocenters. The fourth-order valence-corrected chi connectivity index (χ4v) is 4.05. The molecular weight excluding hydrogens is 429 g/mol. The first-order valence-electron chi connectivity index (χ1n) is 5.70. The molecule has 2 aromatic carbocycles. The van der Waals surface area contributed by atoms with Gasteiger partial charge in [0.25, 0.3) is 10.0 Å². The van der Waals surface area contributed by atoms with E-state index in [0.29, 0.717) is 10.0 Å². The summed E-state index contributed by atoms with van der Waals surface area (Å²) in [5, 5.41) is 9.02. The number of hydrogen-bond acceptors (Lipinski definition) is 3. The first-order chi connectivity index (χ1) is 9.83. The van der Waals surface area contributed by atoms with E-state index in [1.165, 1.54) is 30.3 Å². The lowest BCUT2D eigenvalue weighted by Gasteiger charge is -2.11. The zero-order valence-electron chi connectivity index (χ0n) is 10.5. The lowest BCUT2D eigenvalue weighted by molar-refractivity contribution is 0.281. The highest BCUT2D eigenvalue weighted by molar-refractivity contribution is 9.10. The molecular formula is C13H10Br2FNO3S. The Labute approximate surface area is 138 Å². The lowest BCUT2D eigenvalue weighted by atomic mass is 10.2. The molecule has 0 aliphatic rings. The number of nitrogens with one attached hydrogen (secondary N) is 1. The van der Waals surface area contributed by atoms with E-state index in [0.717, 1.165) is 6.07 Å². The Bertz CT molecular complexity index is 781. The van der Waals surface area contributed by atoms with E-state index in [9.17, 15) is 12.8 Å². The largest absolute Gasteiger partial charge is 0.392 e. The number of hydrogen-bond donors (Lipinski definition) is 2. The number of anilines is 1. The minimum Gasteiger partial charge on any atom is -0.392 e. The molecule has 21 heavy (non-hydrogen) atoms. The van der Waals surface area contributed by atoms with Gasteiger partial charge in [0.05, 0.1) is 16.8 Å². The molecule has 0 saturated carbocycles. The van der Waals surface area contributed by atoms with Gasteiger partial charge in [0.2, 0.25) is 0 Å². The van der Waals surface area contributed by atoms with Gasteiger partial charge in [0.15, 0.2) is 0 Å². The summed E-state index contributed by atoms with van der Waals surface area (Å²) in [7, 11) is -3.86. The lowest BCUT2D eigenvalue weighted by Crippen LogP contribution is -2.14. The normalized spacial score (nSPS) is 11.4. The van der Waals surface area contributed by atoms with E-state index in [1.807, 2.05) is 0 Å². The molecule has 0 aliphatic heterocycles. The third kappa shape index (κ3) is 3.82. The van der Waals surface area contributed by atoms with Crippen molar-refractivity contribution in [2.75, 3.05) is 4.72 Å². The fraction of sp³-hybridized carbons (Fsp3) is 0.0769. The molecule has 112 valence electrons. The average molecular weight is 439 g/mol. The van der Waals surface area contributed by atoms with E-state index in [4.69, 9.17) is 5.11 Å². The van der Waals surface area contributed by atoms with Gasteiger partial charge in [-0.05, 0) is 67.8 Å². The Morgan fingerprint density at radius 1 is 1.10 bits per heavy atom. The smallest absolute Gasteiger partial charge is 0.263 e. The summed E-state index contributed by atoms with van der Waals surface area (Å²) in [6, 6.07) is 8.32. The minimum absolute atomic E-state index is 0.00280. The molecule has 4 nitrogen and oxygen atoms in total. The molecule has 0 spiro atoms. The first-order valence-corrected chi connectivity index (χ1v) is 8.77. The van der Waals surface area contributed by atoms with Gasteiger partial charge in [0.1, 0.15) is 10.7 Å². The monoisotopic (exact) mass is 437 g/mol. The van der Waals surface area contributed by atoms with Crippen LogP contribution in [-0.2, 0) is 16.6 Å². The van der Waals surface area contributed by atoms with Gasteiger partial charge in [0, 0.05) is 4.47 Å². The Morgan fingerprint density at radius 2 is 1.81 bits per heavy atom. The quantitative estimate of drug-likeness (QED) is 0.765. The predicted octanol–water partition coefficient (Wildman–Crippen LogP) is 3.64. The highest BCUT2D eigenvalue weighted by Gasteiger charge is 2.18.